The summed E-state index contributed by atoms with van der Waals surface area (Å²) in [5, 5.41) is 0. The summed E-state index contributed by atoms with van der Waals surface area (Å²) in [4.78, 5) is 12.1. The van der Waals surface area contributed by atoms with Crippen molar-refractivity contribution in [3.05, 3.63) is 41.5 Å². The molecule has 4 heteroatoms. The first kappa shape index (κ1) is 13.4. The fraction of sp³-hybridized carbons (Fsp3) is 0.438. The van der Waals surface area contributed by atoms with Crippen molar-refractivity contribution in [3.63, 3.8) is 0 Å². The number of carbonyl (C=O) groups excluding carboxylic acids is 1. The molecule has 3 rings (SSSR count). The third-order valence-corrected chi connectivity index (χ3v) is 4.73. The average molecular weight is 280 g/mol. The quantitative estimate of drug-likeness (QED) is 0.741. The lowest BCUT2D eigenvalue weighted by Gasteiger charge is -2.24. The molecule has 0 aliphatic heterocycles. The zero-order chi connectivity index (χ0) is 14.5. The summed E-state index contributed by atoms with van der Waals surface area (Å²) in [5.74, 6) is 0.279. The number of alkyl halides is 3. The molecule has 0 spiro atoms. The van der Waals surface area contributed by atoms with E-state index in [1.165, 1.54) is 12.1 Å². The molecule has 1 nitrogen and oxygen atoms in total. The Balaban J connectivity index is 1.95. The Morgan fingerprint density at radius 1 is 1.20 bits per heavy atom. The molecule has 1 fully saturated rings. The van der Waals surface area contributed by atoms with Gasteiger partial charge < -0.3 is 0 Å². The van der Waals surface area contributed by atoms with Crippen molar-refractivity contribution in [2.75, 3.05) is 0 Å². The van der Waals surface area contributed by atoms with E-state index in [1.807, 2.05) is 6.92 Å². The predicted octanol–water partition coefficient (Wildman–Crippen LogP) is 4.48. The van der Waals surface area contributed by atoms with Crippen molar-refractivity contribution in [2.45, 2.75) is 32.4 Å². The van der Waals surface area contributed by atoms with E-state index >= 15 is 0 Å². The van der Waals surface area contributed by atoms with Gasteiger partial charge in [0.2, 0.25) is 0 Å². The highest BCUT2D eigenvalue weighted by Gasteiger charge is 2.49. The SMILES string of the molecule is C[C@@]12CCC[C@@H]1C(c1ccc(C(F)(F)F)cc1)=CC2=O. The number of fused-ring (bicyclic) bond motifs is 1. The number of hydrogen-bond donors (Lipinski definition) is 0. The number of halogens is 3. The molecule has 0 amide bonds. The highest BCUT2D eigenvalue weighted by molar-refractivity contribution is 6.07. The second kappa shape index (κ2) is 4.21. The van der Waals surface area contributed by atoms with Gasteiger partial charge in [0, 0.05) is 5.41 Å². The van der Waals surface area contributed by atoms with Crippen LogP contribution in [0.5, 0.6) is 0 Å². The Morgan fingerprint density at radius 3 is 2.45 bits per heavy atom. The molecule has 2 aliphatic rings. The molecule has 1 aromatic carbocycles. The van der Waals surface area contributed by atoms with E-state index in [4.69, 9.17) is 0 Å². The van der Waals surface area contributed by atoms with Crippen LogP contribution >= 0.6 is 0 Å². The summed E-state index contributed by atoms with van der Waals surface area (Å²) in [6.45, 7) is 1.97. The topological polar surface area (TPSA) is 17.1 Å². The van der Waals surface area contributed by atoms with Crippen molar-refractivity contribution in [1.29, 1.82) is 0 Å². The highest BCUT2D eigenvalue weighted by Crippen LogP contribution is 2.54. The van der Waals surface area contributed by atoms with Crippen molar-refractivity contribution in [3.8, 4) is 0 Å². The van der Waals surface area contributed by atoms with E-state index in [1.54, 1.807) is 6.08 Å². The maximum absolute atomic E-state index is 12.6. The Morgan fingerprint density at radius 2 is 1.85 bits per heavy atom. The standard InChI is InChI=1S/C16H15F3O/c1-15-8-2-3-13(15)12(9-14(15)20)10-4-6-11(7-5-10)16(17,18)19/h4-7,9,13H,2-3,8H2,1H3/t13-,15-/m1/s1. The number of allylic oxidation sites excluding steroid dienone is 2. The lowest BCUT2D eigenvalue weighted by molar-refractivity contribution is -0.137. The number of rotatable bonds is 1. The smallest absolute Gasteiger partial charge is 0.294 e. The minimum absolute atomic E-state index is 0.120. The van der Waals surface area contributed by atoms with Crippen LogP contribution in [0.2, 0.25) is 0 Å². The molecule has 0 saturated heterocycles. The Kier molecular flexibility index (Phi) is 2.82. The molecular formula is C16H15F3O. The number of ketones is 1. The number of benzene rings is 1. The van der Waals surface area contributed by atoms with E-state index < -0.39 is 11.7 Å². The van der Waals surface area contributed by atoms with E-state index in [2.05, 4.69) is 0 Å². The van der Waals surface area contributed by atoms with Crippen LogP contribution in [0.4, 0.5) is 13.2 Å². The van der Waals surface area contributed by atoms with Crippen LogP contribution < -0.4 is 0 Å². The third-order valence-electron chi connectivity index (χ3n) is 4.73. The molecule has 20 heavy (non-hydrogen) atoms. The molecule has 0 radical (unpaired) electrons. The fourth-order valence-corrected chi connectivity index (χ4v) is 3.50. The van der Waals surface area contributed by atoms with E-state index in [0.717, 1.165) is 42.5 Å². The van der Waals surface area contributed by atoms with Gasteiger partial charge in [-0.2, -0.15) is 13.2 Å². The van der Waals surface area contributed by atoms with Crippen molar-refractivity contribution >= 4 is 11.4 Å². The molecule has 0 bridgehead atoms. The van der Waals surface area contributed by atoms with Gasteiger partial charge in [-0.05, 0) is 48.1 Å². The summed E-state index contributed by atoms with van der Waals surface area (Å²) < 4.78 is 37.7. The van der Waals surface area contributed by atoms with Gasteiger partial charge in [-0.15, -0.1) is 0 Å². The first-order valence-electron chi connectivity index (χ1n) is 6.76. The molecule has 2 atom stereocenters. The van der Waals surface area contributed by atoms with Gasteiger partial charge in [0.15, 0.2) is 5.78 Å². The molecule has 0 N–H and O–H groups in total. The molecule has 106 valence electrons. The molecule has 1 aromatic rings. The molecule has 0 heterocycles. The van der Waals surface area contributed by atoms with E-state index in [-0.39, 0.29) is 17.1 Å². The second-order valence-corrected chi connectivity index (χ2v) is 5.90. The first-order chi connectivity index (χ1) is 9.32. The number of hydrogen-bond acceptors (Lipinski definition) is 1. The summed E-state index contributed by atoms with van der Waals surface area (Å²) in [6.07, 6.45) is 0.129. The normalized spacial score (nSPS) is 29.5. The van der Waals surface area contributed by atoms with Crippen LogP contribution in [0.3, 0.4) is 0 Å². The molecule has 2 aliphatic carbocycles. The molecule has 0 unspecified atom stereocenters. The van der Waals surface area contributed by atoms with Gasteiger partial charge in [-0.25, -0.2) is 0 Å². The van der Waals surface area contributed by atoms with Crippen LogP contribution in [0, 0.1) is 11.3 Å². The van der Waals surface area contributed by atoms with Crippen LogP contribution in [-0.4, -0.2) is 5.78 Å². The van der Waals surface area contributed by atoms with E-state index in [0.29, 0.717) is 0 Å². The van der Waals surface area contributed by atoms with E-state index in [9.17, 15) is 18.0 Å². The maximum Gasteiger partial charge on any atom is 0.416 e. The Bertz CT molecular complexity index is 583. The average Bonchev–Trinajstić information content (AvgIpc) is 2.87. The molecule has 0 aromatic heterocycles. The Labute approximate surface area is 115 Å². The largest absolute Gasteiger partial charge is 0.416 e. The highest BCUT2D eigenvalue weighted by atomic mass is 19.4. The first-order valence-corrected chi connectivity index (χ1v) is 6.76. The Hall–Kier alpha value is -1.58. The van der Waals surface area contributed by atoms with Crippen LogP contribution in [0.15, 0.2) is 30.3 Å². The number of carbonyl (C=O) groups is 1. The van der Waals surface area contributed by atoms with Crippen LogP contribution in [0.25, 0.3) is 5.57 Å². The van der Waals surface area contributed by atoms with Gasteiger partial charge in [0.1, 0.15) is 0 Å². The van der Waals surface area contributed by atoms with Crippen molar-refractivity contribution < 1.29 is 18.0 Å². The monoisotopic (exact) mass is 280 g/mol. The van der Waals surface area contributed by atoms with Gasteiger partial charge in [-0.3, -0.25) is 4.79 Å². The second-order valence-electron chi connectivity index (χ2n) is 5.90. The summed E-state index contributed by atoms with van der Waals surface area (Å²) in [5.41, 5.74) is 0.656. The molecule has 1 saturated carbocycles. The predicted molar refractivity (Wildman–Crippen MR) is 69.9 cm³/mol. The molecular weight excluding hydrogens is 265 g/mol. The zero-order valence-corrected chi connectivity index (χ0v) is 11.1. The lowest BCUT2D eigenvalue weighted by Crippen LogP contribution is -2.25. The van der Waals surface area contributed by atoms with Gasteiger partial charge in [0.05, 0.1) is 5.56 Å². The zero-order valence-electron chi connectivity index (χ0n) is 11.1. The van der Waals surface area contributed by atoms with Crippen molar-refractivity contribution in [1.82, 2.24) is 0 Å². The van der Waals surface area contributed by atoms with Crippen molar-refractivity contribution in [2.24, 2.45) is 11.3 Å². The summed E-state index contributed by atoms with van der Waals surface area (Å²) >= 11 is 0. The van der Waals surface area contributed by atoms with Gasteiger partial charge >= 0.3 is 6.18 Å². The summed E-state index contributed by atoms with van der Waals surface area (Å²) in [7, 11) is 0. The summed E-state index contributed by atoms with van der Waals surface area (Å²) in [6, 6.07) is 5.13. The third kappa shape index (κ3) is 1.89. The fourth-order valence-electron chi connectivity index (χ4n) is 3.50. The minimum Gasteiger partial charge on any atom is -0.294 e. The lowest BCUT2D eigenvalue weighted by atomic mass is 9.78. The van der Waals surface area contributed by atoms with Gasteiger partial charge in [-0.1, -0.05) is 25.5 Å². The van der Waals surface area contributed by atoms with Gasteiger partial charge in [0.25, 0.3) is 0 Å². The maximum atomic E-state index is 12.6. The minimum atomic E-state index is -4.32. The van der Waals surface area contributed by atoms with Crippen LogP contribution in [0.1, 0.15) is 37.3 Å². The van der Waals surface area contributed by atoms with Crippen LogP contribution in [-0.2, 0) is 11.0 Å².